The first-order valence-electron chi connectivity index (χ1n) is 9.59. The summed E-state index contributed by atoms with van der Waals surface area (Å²) in [6.07, 6.45) is 0. The van der Waals surface area contributed by atoms with Gasteiger partial charge in [0.05, 0.1) is 6.54 Å². The van der Waals surface area contributed by atoms with Crippen molar-refractivity contribution in [3.8, 4) is 0 Å². The molecular formula is C22H28N4O3. The van der Waals surface area contributed by atoms with Gasteiger partial charge in [-0.05, 0) is 42.2 Å². The van der Waals surface area contributed by atoms with Crippen LogP contribution in [-0.4, -0.2) is 30.9 Å². The van der Waals surface area contributed by atoms with E-state index in [-0.39, 0.29) is 12.5 Å². The van der Waals surface area contributed by atoms with E-state index in [1.54, 1.807) is 18.2 Å². The fourth-order valence-electron chi connectivity index (χ4n) is 2.57. The van der Waals surface area contributed by atoms with Crippen LogP contribution in [0.3, 0.4) is 0 Å². The molecule has 7 heteroatoms. The Labute approximate surface area is 171 Å². The number of benzene rings is 2. The highest BCUT2D eigenvalue weighted by Gasteiger charge is 2.10. The SMILES string of the molecule is Cc1cc(C(=O)NCC(C)C)ccc1NCC(=O)NC(=O)NCc1ccccc1. The number of imide groups is 1. The van der Waals surface area contributed by atoms with Crippen LogP contribution in [0.15, 0.2) is 48.5 Å². The van der Waals surface area contributed by atoms with Crippen molar-refractivity contribution in [1.29, 1.82) is 0 Å². The minimum Gasteiger partial charge on any atom is -0.376 e. The van der Waals surface area contributed by atoms with Crippen molar-refractivity contribution in [3.63, 3.8) is 0 Å². The Morgan fingerprint density at radius 3 is 2.34 bits per heavy atom. The Kier molecular flexibility index (Phi) is 8.21. The Hall–Kier alpha value is -3.35. The maximum absolute atomic E-state index is 12.1. The zero-order valence-corrected chi connectivity index (χ0v) is 17.0. The molecule has 0 saturated heterocycles. The van der Waals surface area contributed by atoms with Crippen LogP contribution in [0.25, 0.3) is 0 Å². The summed E-state index contributed by atoms with van der Waals surface area (Å²) in [5.41, 5.74) is 3.08. The van der Waals surface area contributed by atoms with Crippen molar-refractivity contribution in [2.75, 3.05) is 18.4 Å². The Bertz CT molecular complexity index is 850. The second-order valence-electron chi connectivity index (χ2n) is 7.20. The van der Waals surface area contributed by atoms with E-state index in [0.717, 1.165) is 16.8 Å². The number of carbonyl (C=O) groups excluding carboxylic acids is 3. The highest BCUT2D eigenvalue weighted by atomic mass is 16.2. The topological polar surface area (TPSA) is 99.3 Å². The van der Waals surface area contributed by atoms with Gasteiger partial charge in [0.2, 0.25) is 5.91 Å². The highest BCUT2D eigenvalue weighted by Crippen LogP contribution is 2.16. The quantitative estimate of drug-likeness (QED) is 0.551. The molecule has 4 amide bonds. The number of aryl methyl sites for hydroxylation is 1. The first kappa shape index (κ1) is 21.9. The minimum absolute atomic E-state index is 0.0571. The Morgan fingerprint density at radius 1 is 0.966 bits per heavy atom. The van der Waals surface area contributed by atoms with Gasteiger partial charge in [-0.1, -0.05) is 44.2 Å². The molecule has 0 saturated carbocycles. The summed E-state index contributed by atoms with van der Waals surface area (Å²) in [4.78, 5) is 35.9. The lowest BCUT2D eigenvalue weighted by Crippen LogP contribution is -2.41. The Balaban J connectivity index is 1.79. The standard InChI is InChI=1S/C22H28N4O3/c1-15(2)12-24-21(28)18-9-10-19(16(3)11-18)23-14-20(27)26-22(29)25-13-17-7-5-4-6-8-17/h4-11,15,23H,12-14H2,1-3H3,(H,24,28)(H2,25,26,27,29). The normalized spacial score (nSPS) is 10.3. The third-order valence-corrected chi connectivity index (χ3v) is 4.15. The molecule has 0 fully saturated rings. The van der Waals surface area contributed by atoms with Crippen LogP contribution in [-0.2, 0) is 11.3 Å². The van der Waals surface area contributed by atoms with Crippen LogP contribution >= 0.6 is 0 Å². The van der Waals surface area contributed by atoms with E-state index < -0.39 is 11.9 Å². The molecule has 2 aromatic rings. The number of anilines is 1. The van der Waals surface area contributed by atoms with Crippen molar-refractivity contribution >= 4 is 23.5 Å². The monoisotopic (exact) mass is 396 g/mol. The minimum atomic E-state index is -0.547. The summed E-state index contributed by atoms with van der Waals surface area (Å²) >= 11 is 0. The van der Waals surface area contributed by atoms with E-state index in [9.17, 15) is 14.4 Å². The molecule has 7 nitrogen and oxygen atoms in total. The smallest absolute Gasteiger partial charge is 0.321 e. The predicted molar refractivity (Wildman–Crippen MR) is 114 cm³/mol. The van der Waals surface area contributed by atoms with E-state index in [2.05, 4.69) is 21.3 Å². The summed E-state index contributed by atoms with van der Waals surface area (Å²) in [5, 5.41) is 10.8. The molecule has 0 heterocycles. The lowest BCUT2D eigenvalue weighted by molar-refractivity contribution is -0.118. The van der Waals surface area contributed by atoms with Gasteiger partial charge in [0, 0.05) is 24.3 Å². The number of nitrogens with one attached hydrogen (secondary N) is 4. The average molecular weight is 396 g/mol. The average Bonchev–Trinajstić information content (AvgIpc) is 2.70. The molecule has 2 aromatic carbocycles. The second kappa shape index (κ2) is 10.8. The van der Waals surface area contributed by atoms with E-state index in [1.165, 1.54) is 0 Å². The molecule has 0 radical (unpaired) electrons. The van der Waals surface area contributed by atoms with Gasteiger partial charge in [-0.25, -0.2) is 4.79 Å². The van der Waals surface area contributed by atoms with E-state index in [0.29, 0.717) is 24.6 Å². The number of urea groups is 1. The lowest BCUT2D eigenvalue weighted by atomic mass is 10.1. The maximum atomic E-state index is 12.1. The molecule has 0 unspecified atom stereocenters. The van der Waals surface area contributed by atoms with Gasteiger partial charge in [-0.3, -0.25) is 14.9 Å². The van der Waals surface area contributed by atoms with E-state index >= 15 is 0 Å². The molecule has 2 rings (SSSR count). The number of carbonyl (C=O) groups is 3. The van der Waals surface area contributed by atoms with Crippen LogP contribution in [0, 0.1) is 12.8 Å². The molecule has 0 aliphatic carbocycles. The largest absolute Gasteiger partial charge is 0.376 e. The number of hydrogen-bond donors (Lipinski definition) is 4. The third-order valence-electron chi connectivity index (χ3n) is 4.15. The second-order valence-corrected chi connectivity index (χ2v) is 7.20. The molecule has 0 aromatic heterocycles. The predicted octanol–water partition coefficient (Wildman–Crippen LogP) is 2.82. The summed E-state index contributed by atoms with van der Waals surface area (Å²) < 4.78 is 0. The molecule has 4 N–H and O–H groups in total. The molecule has 154 valence electrons. The van der Waals surface area contributed by atoms with Crippen LogP contribution in [0.1, 0.15) is 35.3 Å². The molecule has 0 atom stereocenters. The van der Waals surface area contributed by atoms with Crippen LogP contribution in [0.4, 0.5) is 10.5 Å². The van der Waals surface area contributed by atoms with Gasteiger partial charge in [0.15, 0.2) is 0 Å². The summed E-state index contributed by atoms with van der Waals surface area (Å²) in [6.45, 7) is 6.82. The lowest BCUT2D eigenvalue weighted by Gasteiger charge is -2.12. The van der Waals surface area contributed by atoms with Gasteiger partial charge < -0.3 is 16.0 Å². The van der Waals surface area contributed by atoms with Crippen molar-refractivity contribution in [2.45, 2.75) is 27.3 Å². The van der Waals surface area contributed by atoms with Crippen LogP contribution < -0.4 is 21.3 Å². The highest BCUT2D eigenvalue weighted by molar-refractivity contribution is 5.97. The molecule has 29 heavy (non-hydrogen) atoms. The number of amides is 4. The van der Waals surface area contributed by atoms with Gasteiger partial charge in [0.25, 0.3) is 5.91 Å². The van der Waals surface area contributed by atoms with Gasteiger partial charge in [-0.15, -0.1) is 0 Å². The van der Waals surface area contributed by atoms with Crippen molar-refractivity contribution < 1.29 is 14.4 Å². The molecule has 0 aliphatic heterocycles. The van der Waals surface area contributed by atoms with E-state index in [4.69, 9.17) is 0 Å². The molecular weight excluding hydrogens is 368 g/mol. The molecule has 0 aliphatic rings. The van der Waals surface area contributed by atoms with Gasteiger partial charge >= 0.3 is 6.03 Å². The number of rotatable bonds is 8. The van der Waals surface area contributed by atoms with Crippen molar-refractivity contribution in [1.82, 2.24) is 16.0 Å². The maximum Gasteiger partial charge on any atom is 0.321 e. The van der Waals surface area contributed by atoms with Crippen LogP contribution in [0.2, 0.25) is 0 Å². The fraction of sp³-hybridized carbons (Fsp3) is 0.318. The zero-order valence-electron chi connectivity index (χ0n) is 17.0. The number of hydrogen-bond acceptors (Lipinski definition) is 4. The van der Waals surface area contributed by atoms with Crippen molar-refractivity contribution in [3.05, 3.63) is 65.2 Å². The summed E-state index contributed by atoms with van der Waals surface area (Å²) in [6, 6.07) is 14.1. The van der Waals surface area contributed by atoms with Gasteiger partial charge in [0.1, 0.15) is 0 Å². The fourth-order valence-corrected chi connectivity index (χ4v) is 2.57. The summed E-state index contributed by atoms with van der Waals surface area (Å²) in [5.74, 6) is -0.195. The van der Waals surface area contributed by atoms with E-state index in [1.807, 2.05) is 51.1 Å². The molecule has 0 bridgehead atoms. The third kappa shape index (κ3) is 7.65. The Morgan fingerprint density at radius 2 is 1.69 bits per heavy atom. The van der Waals surface area contributed by atoms with Crippen molar-refractivity contribution in [2.24, 2.45) is 5.92 Å². The molecule has 0 spiro atoms. The van der Waals surface area contributed by atoms with Gasteiger partial charge in [-0.2, -0.15) is 0 Å². The zero-order chi connectivity index (χ0) is 21.2. The first-order valence-corrected chi connectivity index (χ1v) is 9.59. The first-order chi connectivity index (χ1) is 13.8. The summed E-state index contributed by atoms with van der Waals surface area (Å²) in [7, 11) is 0. The van der Waals surface area contributed by atoms with Crippen LogP contribution in [0.5, 0.6) is 0 Å².